The molecule has 2 aromatic carbocycles. The van der Waals surface area contributed by atoms with Crippen LogP contribution in [-0.4, -0.2) is 36.0 Å². The minimum atomic E-state index is -0.158. The van der Waals surface area contributed by atoms with Gasteiger partial charge < -0.3 is 5.32 Å². The summed E-state index contributed by atoms with van der Waals surface area (Å²) in [6, 6.07) is 16.9. The van der Waals surface area contributed by atoms with Crippen LogP contribution in [0, 0.1) is 6.92 Å². The fraction of sp³-hybridized carbons (Fsp3) is 0.435. The number of carbonyl (C=O) groups is 1. The quantitative estimate of drug-likeness (QED) is 0.901. The van der Waals surface area contributed by atoms with Crippen LogP contribution in [-0.2, 0) is 6.42 Å². The Labute approximate surface area is 157 Å². The Bertz CT molecular complexity index is 771. The standard InChI is InChI=1S/C21H24N2O.C2H6/c1-15-7-6-10-17-18-13-23(12-11-16-8-4-3-5-9-16)14-21(18,2)22-20(24)19(15)17;1-2/h3-10,18H,11-14H2,1-2H3,(H,22,24);1-2H3. The molecule has 1 fully saturated rings. The Morgan fingerprint density at radius 1 is 1.12 bits per heavy atom. The predicted octanol–water partition coefficient (Wildman–Crippen LogP) is 4.17. The van der Waals surface area contributed by atoms with Crippen molar-refractivity contribution in [2.75, 3.05) is 19.6 Å². The lowest BCUT2D eigenvalue weighted by Gasteiger charge is -2.38. The third-order valence-corrected chi connectivity index (χ3v) is 5.63. The van der Waals surface area contributed by atoms with Gasteiger partial charge in [-0.15, -0.1) is 0 Å². The third-order valence-electron chi connectivity index (χ3n) is 5.63. The highest BCUT2D eigenvalue weighted by molar-refractivity contribution is 5.99. The molecule has 3 heteroatoms. The summed E-state index contributed by atoms with van der Waals surface area (Å²) in [6.45, 7) is 11.2. The van der Waals surface area contributed by atoms with Crippen molar-refractivity contribution < 1.29 is 4.79 Å². The van der Waals surface area contributed by atoms with Crippen molar-refractivity contribution in [2.24, 2.45) is 0 Å². The van der Waals surface area contributed by atoms with E-state index in [2.05, 4.69) is 59.6 Å². The fourth-order valence-electron chi connectivity index (χ4n) is 4.38. The predicted molar refractivity (Wildman–Crippen MR) is 108 cm³/mol. The molecular weight excluding hydrogens is 320 g/mol. The summed E-state index contributed by atoms with van der Waals surface area (Å²) >= 11 is 0. The van der Waals surface area contributed by atoms with E-state index in [9.17, 15) is 4.79 Å². The first-order valence-corrected chi connectivity index (χ1v) is 9.75. The molecule has 2 heterocycles. The molecule has 1 saturated heterocycles. The first-order chi connectivity index (χ1) is 12.6. The molecule has 0 aromatic heterocycles. The highest BCUT2D eigenvalue weighted by Gasteiger charge is 2.48. The van der Waals surface area contributed by atoms with Crippen molar-refractivity contribution in [2.45, 2.75) is 45.6 Å². The molecule has 4 rings (SSSR count). The van der Waals surface area contributed by atoms with Gasteiger partial charge in [0.05, 0.1) is 5.54 Å². The average Bonchev–Trinajstić information content (AvgIpc) is 2.99. The number of benzene rings is 2. The number of nitrogens with zero attached hydrogens (tertiary/aromatic N) is 1. The van der Waals surface area contributed by atoms with Gasteiger partial charge in [-0.3, -0.25) is 9.69 Å². The van der Waals surface area contributed by atoms with Gasteiger partial charge in [0, 0.05) is 31.1 Å². The Kier molecular flexibility index (Phi) is 5.47. The maximum Gasteiger partial charge on any atom is 0.252 e. The summed E-state index contributed by atoms with van der Waals surface area (Å²) in [7, 11) is 0. The molecule has 0 saturated carbocycles. The zero-order valence-corrected chi connectivity index (χ0v) is 16.4. The van der Waals surface area contributed by atoms with E-state index < -0.39 is 0 Å². The lowest BCUT2D eigenvalue weighted by atomic mass is 9.77. The molecule has 0 aliphatic carbocycles. The fourth-order valence-corrected chi connectivity index (χ4v) is 4.38. The van der Waals surface area contributed by atoms with Crippen molar-refractivity contribution in [1.29, 1.82) is 0 Å². The summed E-state index contributed by atoms with van der Waals surface area (Å²) in [6.07, 6.45) is 1.05. The van der Waals surface area contributed by atoms with Crippen molar-refractivity contribution in [3.05, 3.63) is 70.8 Å². The highest BCUT2D eigenvalue weighted by Crippen LogP contribution is 2.41. The van der Waals surface area contributed by atoms with E-state index in [0.29, 0.717) is 5.92 Å². The topological polar surface area (TPSA) is 32.3 Å². The smallest absolute Gasteiger partial charge is 0.252 e. The van der Waals surface area contributed by atoms with Gasteiger partial charge in [-0.1, -0.05) is 62.4 Å². The molecule has 0 spiro atoms. The number of amides is 1. The number of carbonyl (C=O) groups excluding carboxylic acids is 1. The number of hydrogen-bond acceptors (Lipinski definition) is 2. The molecule has 138 valence electrons. The Morgan fingerprint density at radius 3 is 2.58 bits per heavy atom. The maximum absolute atomic E-state index is 12.6. The zero-order valence-electron chi connectivity index (χ0n) is 16.4. The normalized spacial score (nSPS) is 24.2. The maximum atomic E-state index is 12.6. The van der Waals surface area contributed by atoms with Gasteiger partial charge in [0.25, 0.3) is 5.91 Å². The van der Waals surface area contributed by atoms with Gasteiger partial charge in [-0.05, 0) is 37.0 Å². The number of rotatable bonds is 3. The molecule has 0 bridgehead atoms. The summed E-state index contributed by atoms with van der Waals surface area (Å²) < 4.78 is 0. The summed E-state index contributed by atoms with van der Waals surface area (Å²) in [4.78, 5) is 15.1. The lowest BCUT2D eigenvalue weighted by molar-refractivity contribution is 0.0882. The number of fused-ring (bicyclic) bond motifs is 3. The Hall–Kier alpha value is -2.13. The molecule has 2 atom stereocenters. The third kappa shape index (κ3) is 3.41. The van der Waals surface area contributed by atoms with Crippen LogP contribution in [0.25, 0.3) is 0 Å². The van der Waals surface area contributed by atoms with Gasteiger partial charge in [0.15, 0.2) is 0 Å². The van der Waals surface area contributed by atoms with Gasteiger partial charge >= 0.3 is 0 Å². The van der Waals surface area contributed by atoms with Crippen molar-refractivity contribution in [1.82, 2.24) is 10.2 Å². The number of likely N-dealkylation sites (tertiary alicyclic amines) is 1. The second-order valence-corrected chi connectivity index (χ2v) is 7.43. The van der Waals surface area contributed by atoms with Crippen molar-refractivity contribution in [3.8, 4) is 0 Å². The molecule has 3 nitrogen and oxygen atoms in total. The first-order valence-electron chi connectivity index (χ1n) is 9.75. The second-order valence-electron chi connectivity index (χ2n) is 7.43. The molecule has 0 radical (unpaired) electrons. The van der Waals surface area contributed by atoms with E-state index in [1.54, 1.807) is 0 Å². The van der Waals surface area contributed by atoms with Crippen LogP contribution in [0.3, 0.4) is 0 Å². The molecule has 1 N–H and O–H groups in total. The molecule has 2 aliphatic rings. The molecular formula is C23H30N2O. The van der Waals surface area contributed by atoms with E-state index in [0.717, 1.165) is 37.2 Å². The van der Waals surface area contributed by atoms with Gasteiger partial charge in [-0.25, -0.2) is 0 Å². The summed E-state index contributed by atoms with van der Waals surface area (Å²) in [5, 5.41) is 3.30. The van der Waals surface area contributed by atoms with Gasteiger partial charge in [-0.2, -0.15) is 0 Å². The number of hydrogen-bond donors (Lipinski definition) is 1. The van der Waals surface area contributed by atoms with Crippen LogP contribution in [0.15, 0.2) is 48.5 Å². The molecule has 26 heavy (non-hydrogen) atoms. The molecule has 2 unspecified atom stereocenters. The van der Waals surface area contributed by atoms with Crippen LogP contribution in [0.1, 0.15) is 53.7 Å². The average molecular weight is 351 g/mol. The number of nitrogens with one attached hydrogen (secondary N) is 1. The van der Waals surface area contributed by atoms with E-state index in [1.807, 2.05) is 26.8 Å². The first kappa shape index (κ1) is 18.7. The van der Waals surface area contributed by atoms with Crippen LogP contribution >= 0.6 is 0 Å². The number of aryl methyl sites for hydroxylation is 1. The Morgan fingerprint density at radius 2 is 1.85 bits per heavy atom. The lowest BCUT2D eigenvalue weighted by Crippen LogP contribution is -2.54. The minimum absolute atomic E-state index is 0.0896. The van der Waals surface area contributed by atoms with Gasteiger partial charge in [0.2, 0.25) is 0 Å². The van der Waals surface area contributed by atoms with Crippen molar-refractivity contribution >= 4 is 5.91 Å². The van der Waals surface area contributed by atoms with Gasteiger partial charge in [0.1, 0.15) is 0 Å². The monoisotopic (exact) mass is 350 g/mol. The van der Waals surface area contributed by atoms with Crippen LogP contribution in [0.4, 0.5) is 0 Å². The van der Waals surface area contributed by atoms with Crippen LogP contribution < -0.4 is 5.32 Å². The zero-order chi connectivity index (χ0) is 18.7. The molecule has 2 aliphatic heterocycles. The second kappa shape index (κ2) is 7.63. The molecule has 2 aromatic rings. The van der Waals surface area contributed by atoms with Crippen LogP contribution in [0.5, 0.6) is 0 Å². The molecule has 1 amide bonds. The van der Waals surface area contributed by atoms with Crippen molar-refractivity contribution in [3.63, 3.8) is 0 Å². The van der Waals surface area contributed by atoms with E-state index in [1.165, 1.54) is 11.1 Å². The minimum Gasteiger partial charge on any atom is -0.345 e. The van der Waals surface area contributed by atoms with E-state index in [4.69, 9.17) is 0 Å². The SMILES string of the molecule is CC.Cc1cccc2c1C(=O)NC1(C)CN(CCc3ccccc3)CC21. The largest absolute Gasteiger partial charge is 0.345 e. The van der Waals surface area contributed by atoms with E-state index in [-0.39, 0.29) is 11.4 Å². The summed E-state index contributed by atoms with van der Waals surface area (Å²) in [5.74, 6) is 0.465. The highest BCUT2D eigenvalue weighted by atomic mass is 16.2. The summed E-state index contributed by atoms with van der Waals surface area (Å²) in [5.41, 5.74) is 4.41. The van der Waals surface area contributed by atoms with E-state index >= 15 is 0 Å². The Balaban J connectivity index is 0.000000948. The van der Waals surface area contributed by atoms with Crippen LogP contribution in [0.2, 0.25) is 0 Å².